The van der Waals surface area contributed by atoms with E-state index < -0.39 is 23.9 Å². The third-order valence-corrected chi connectivity index (χ3v) is 5.54. The number of nitrogens with zero attached hydrogens (tertiary/aromatic N) is 2. The SMILES string of the molecule is COC(=O)C1=C(CN2CCN(C(=O)c3ccco3)CC2)NC(=O)N[C@H]1c1ccc(F)cc1. The summed E-state index contributed by atoms with van der Waals surface area (Å²) >= 11 is 0. The molecule has 0 radical (unpaired) electrons. The van der Waals surface area contributed by atoms with Gasteiger partial charge in [0.25, 0.3) is 5.91 Å². The van der Waals surface area contributed by atoms with E-state index in [1.54, 1.807) is 17.0 Å². The van der Waals surface area contributed by atoms with Crippen LogP contribution in [0.4, 0.5) is 9.18 Å². The Morgan fingerprint density at radius 3 is 2.50 bits per heavy atom. The minimum atomic E-state index is -0.770. The first-order valence-electron chi connectivity index (χ1n) is 10.2. The molecule has 3 amide bonds. The van der Waals surface area contributed by atoms with Crippen LogP contribution in [0, 0.1) is 5.82 Å². The zero-order valence-corrected chi connectivity index (χ0v) is 17.5. The molecule has 1 fully saturated rings. The molecule has 2 aliphatic heterocycles. The molecule has 32 heavy (non-hydrogen) atoms. The molecule has 1 aromatic heterocycles. The molecule has 10 heteroatoms. The number of furan rings is 1. The third-order valence-electron chi connectivity index (χ3n) is 5.54. The Balaban J connectivity index is 1.52. The molecule has 0 spiro atoms. The Bertz CT molecular complexity index is 1030. The van der Waals surface area contributed by atoms with Gasteiger partial charge in [-0.1, -0.05) is 12.1 Å². The van der Waals surface area contributed by atoms with Gasteiger partial charge in [-0.05, 0) is 29.8 Å². The number of ether oxygens (including phenoxy) is 1. The smallest absolute Gasteiger partial charge is 0.338 e. The van der Waals surface area contributed by atoms with Crippen LogP contribution in [-0.4, -0.2) is 67.5 Å². The minimum absolute atomic E-state index is 0.171. The Morgan fingerprint density at radius 1 is 1.16 bits per heavy atom. The molecule has 1 saturated heterocycles. The number of esters is 1. The van der Waals surface area contributed by atoms with Gasteiger partial charge >= 0.3 is 12.0 Å². The number of halogens is 1. The lowest BCUT2D eigenvalue weighted by Gasteiger charge is -2.36. The molecule has 0 unspecified atom stereocenters. The fraction of sp³-hybridized carbons (Fsp3) is 0.318. The van der Waals surface area contributed by atoms with Crippen LogP contribution in [0.15, 0.2) is 58.3 Å². The summed E-state index contributed by atoms with van der Waals surface area (Å²) in [6.45, 7) is 2.35. The highest BCUT2D eigenvalue weighted by Crippen LogP contribution is 2.28. The van der Waals surface area contributed by atoms with Crippen LogP contribution in [0.2, 0.25) is 0 Å². The highest BCUT2D eigenvalue weighted by Gasteiger charge is 2.34. The molecular formula is C22H23FN4O5. The predicted octanol–water partition coefficient (Wildman–Crippen LogP) is 1.66. The average Bonchev–Trinajstić information content (AvgIpc) is 3.34. The predicted molar refractivity (Wildman–Crippen MR) is 111 cm³/mol. The zero-order chi connectivity index (χ0) is 22.7. The maximum absolute atomic E-state index is 13.4. The van der Waals surface area contributed by atoms with Gasteiger partial charge in [-0.3, -0.25) is 9.69 Å². The highest BCUT2D eigenvalue weighted by molar-refractivity contribution is 5.95. The summed E-state index contributed by atoms with van der Waals surface area (Å²) in [7, 11) is 1.27. The topological polar surface area (TPSA) is 104 Å². The van der Waals surface area contributed by atoms with Crippen LogP contribution in [-0.2, 0) is 9.53 Å². The molecule has 0 saturated carbocycles. The molecule has 1 aromatic carbocycles. The van der Waals surface area contributed by atoms with Gasteiger partial charge in [0, 0.05) is 38.4 Å². The number of carbonyl (C=O) groups is 3. The summed E-state index contributed by atoms with van der Waals surface area (Å²) in [6.07, 6.45) is 1.46. The fourth-order valence-electron chi connectivity index (χ4n) is 3.89. The van der Waals surface area contributed by atoms with Crippen LogP contribution in [0.1, 0.15) is 22.2 Å². The van der Waals surface area contributed by atoms with Crippen molar-refractivity contribution in [2.24, 2.45) is 0 Å². The van der Waals surface area contributed by atoms with Crippen molar-refractivity contribution in [2.75, 3.05) is 39.8 Å². The van der Waals surface area contributed by atoms with Crippen molar-refractivity contribution in [1.82, 2.24) is 20.4 Å². The number of benzene rings is 1. The van der Waals surface area contributed by atoms with Gasteiger partial charge in [0.2, 0.25) is 0 Å². The first kappa shape index (κ1) is 21.6. The molecule has 2 aromatic rings. The zero-order valence-electron chi connectivity index (χ0n) is 17.5. The highest BCUT2D eigenvalue weighted by atomic mass is 19.1. The van der Waals surface area contributed by atoms with Gasteiger partial charge in [0.05, 0.1) is 25.0 Å². The largest absolute Gasteiger partial charge is 0.466 e. The Labute approximate surface area is 183 Å². The Hall–Kier alpha value is -3.66. The molecule has 0 bridgehead atoms. The van der Waals surface area contributed by atoms with Crippen LogP contribution < -0.4 is 10.6 Å². The molecule has 168 valence electrons. The monoisotopic (exact) mass is 442 g/mol. The quantitative estimate of drug-likeness (QED) is 0.683. The Kier molecular flexibility index (Phi) is 6.22. The van der Waals surface area contributed by atoms with Gasteiger partial charge in [-0.15, -0.1) is 0 Å². The number of amides is 3. The minimum Gasteiger partial charge on any atom is -0.466 e. The van der Waals surface area contributed by atoms with E-state index >= 15 is 0 Å². The van der Waals surface area contributed by atoms with Crippen molar-refractivity contribution >= 4 is 17.9 Å². The molecule has 3 heterocycles. The van der Waals surface area contributed by atoms with Crippen molar-refractivity contribution in [3.63, 3.8) is 0 Å². The summed E-state index contributed by atoms with van der Waals surface area (Å²) in [5, 5.41) is 5.42. The standard InChI is InChI=1S/C22H23FN4O5/c1-31-21(29)18-16(24-22(30)25-19(18)14-4-6-15(23)7-5-14)13-26-8-10-27(11-9-26)20(28)17-3-2-12-32-17/h2-7,12,19H,8-11,13H2,1H3,(H2,24,25,30)/t19-/m0/s1. The molecule has 1 atom stereocenters. The fourth-order valence-corrected chi connectivity index (χ4v) is 3.89. The number of rotatable bonds is 5. The summed E-state index contributed by atoms with van der Waals surface area (Å²) in [4.78, 5) is 41.1. The summed E-state index contributed by atoms with van der Waals surface area (Å²) in [5.74, 6) is -0.884. The second-order valence-electron chi connectivity index (χ2n) is 7.51. The first-order valence-corrected chi connectivity index (χ1v) is 10.2. The molecule has 2 aliphatic rings. The summed E-state index contributed by atoms with van der Waals surface area (Å²) in [6, 6.07) is 7.64. The van der Waals surface area contributed by atoms with Crippen LogP contribution in [0.5, 0.6) is 0 Å². The second kappa shape index (κ2) is 9.23. The van der Waals surface area contributed by atoms with Gasteiger partial charge in [-0.25, -0.2) is 14.0 Å². The third kappa shape index (κ3) is 4.50. The van der Waals surface area contributed by atoms with Crippen molar-refractivity contribution in [1.29, 1.82) is 0 Å². The number of urea groups is 1. The Morgan fingerprint density at radius 2 is 1.88 bits per heavy atom. The van der Waals surface area contributed by atoms with E-state index in [1.807, 2.05) is 4.90 Å². The van der Waals surface area contributed by atoms with Crippen LogP contribution in [0.25, 0.3) is 0 Å². The van der Waals surface area contributed by atoms with Crippen molar-refractivity contribution in [3.8, 4) is 0 Å². The van der Waals surface area contributed by atoms with Crippen molar-refractivity contribution in [2.45, 2.75) is 6.04 Å². The molecule has 4 rings (SSSR count). The van der Waals surface area contributed by atoms with E-state index in [0.717, 1.165) is 0 Å². The lowest BCUT2D eigenvalue weighted by Crippen LogP contribution is -2.52. The van der Waals surface area contributed by atoms with Gasteiger partial charge < -0.3 is 24.7 Å². The van der Waals surface area contributed by atoms with Crippen molar-refractivity contribution < 1.29 is 27.9 Å². The molecule has 0 aliphatic carbocycles. The number of hydrogen-bond acceptors (Lipinski definition) is 6. The van der Waals surface area contributed by atoms with E-state index in [1.165, 1.54) is 37.6 Å². The number of nitrogens with one attached hydrogen (secondary N) is 2. The van der Waals surface area contributed by atoms with Crippen LogP contribution in [0.3, 0.4) is 0 Å². The van der Waals surface area contributed by atoms with Crippen LogP contribution >= 0.6 is 0 Å². The second-order valence-corrected chi connectivity index (χ2v) is 7.51. The molecule has 2 N–H and O–H groups in total. The van der Waals surface area contributed by atoms with Gasteiger partial charge in [0.15, 0.2) is 5.76 Å². The number of methoxy groups -OCH3 is 1. The van der Waals surface area contributed by atoms with Crippen molar-refractivity contribution in [3.05, 3.63) is 71.1 Å². The number of hydrogen-bond donors (Lipinski definition) is 2. The van der Waals surface area contributed by atoms with Gasteiger partial charge in [0.1, 0.15) is 5.82 Å². The molecule has 9 nitrogen and oxygen atoms in total. The summed E-state index contributed by atoms with van der Waals surface area (Å²) in [5.41, 5.74) is 1.24. The lowest BCUT2D eigenvalue weighted by atomic mass is 9.95. The lowest BCUT2D eigenvalue weighted by molar-refractivity contribution is -0.136. The average molecular weight is 442 g/mol. The first-order chi connectivity index (χ1) is 15.5. The van der Waals surface area contributed by atoms with E-state index in [-0.39, 0.29) is 11.5 Å². The number of carbonyl (C=O) groups excluding carboxylic acids is 3. The normalized spacial score (nSPS) is 19.4. The molecular weight excluding hydrogens is 419 g/mol. The van der Waals surface area contributed by atoms with Gasteiger partial charge in [-0.2, -0.15) is 0 Å². The van der Waals surface area contributed by atoms with E-state index in [4.69, 9.17) is 9.15 Å². The maximum Gasteiger partial charge on any atom is 0.338 e. The van der Waals surface area contributed by atoms with E-state index in [0.29, 0.717) is 49.7 Å². The van der Waals surface area contributed by atoms with E-state index in [2.05, 4.69) is 10.6 Å². The number of piperazine rings is 1. The van der Waals surface area contributed by atoms with E-state index in [9.17, 15) is 18.8 Å². The summed E-state index contributed by atoms with van der Waals surface area (Å²) < 4.78 is 23.5. The maximum atomic E-state index is 13.4.